The van der Waals surface area contributed by atoms with Gasteiger partial charge in [0.05, 0.1) is 18.6 Å². The monoisotopic (exact) mass is 421 g/mol. The van der Waals surface area contributed by atoms with Crippen LogP contribution < -0.4 is 4.74 Å². The van der Waals surface area contributed by atoms with E-state index in [1.807, 2.05) is 0 Å². The molecule has 0 atom stereocenters. The van der Waals surface area contributed by atoms with E-state index in [1.165, 1.54) is 11.4 Å². The summed E-state index contributed by atoms with van der Waals surface area (Å²) in [6.45, 7) is 3.43. The minimum atomic E-state index is -3.75. The van der Waals surface area contributed by atoms with Crippen LogP contribution in [0.15, 0.2) is 45.8 Å². The SMILES string of the molecule is COc1cc(C)c(S(=O)(=O)N(C)Cc2nc(-c3ccc(Cl)cc3)no2)c(C)c1. The lowest BCUT2D eigenvalue weighted by Crippen LogP contribution is -2.28. The average Bonchev–Trinajstić information content (AvgIpc) is 3.09. The third-order valence-corrected chi connectivity index (χ3v) is 6.63. The van der Waals surface area contributed by atoms with Crippen molar-refractivity contribution in [3.63, 3.8) is 0 Å². The Labute approximate surface area is 168 Å². The van der Waals surface area contributed by atoms with Crippen LogP contribution in [0, 0.1) is 13.8 Å². The summed E-state index contributed by atoms with van der Waals surface area (Å²) in [5.41, 5.74) is 1.94. The van der Waals surface area contributed by atoms with Gasteiger partial charge < -0.3 is 9.26 Å². The first kappa shape index (κ1) is 20.3. The molecule has 1 heterocycles. The molecule has 0 N–H and O–H groups in total. The molecule has 0 unspecified atom stereocenters. The van der Waals surface area contributed by atoms with Crippen LogP contribution in [-0.4, -0.2) is 37.0 Å². The molecular formula is C19H20ClN3O4S. The molecule has 0 amide bonds. The number of ether oxygens (including phenoxy) is 1. The number of benzene rings is 2. The van der Waals surface area contributed by atoms with Gasteiger partial charge >= 0.3 is 0 Å². The van der Waals surface area contributed by atoms with Crippen LogP contribution in [0.3, 0.4) is 0 Å². The second-order valence-corrected chi connectivity index (χ2v) is 8.79. The van der Waals surface area contributed by atoms with E-state index in [1.54, 1.807) is 57.4 Å². The van der Waals surface area contributed by atoms with Crippen LogP contribution in [0.25, 0.3) is 11.4 Å². The molecule has 3 aromatic rings. The Morgan fingerprint density at radius 1 is 1.14 bits per heavy atom. The normalized spacial score (nSPS) is 11.8. The summed E-state index contributed by atoms with van der Waals surface area (Å²) < 4.78 is 37.8. The van der Waals surface area contributed by atoms with Crippen LogP contribution in [0.2, 0.25) is 5.02 Å². The molecule has 0 aliphatic rings. The van der Waals surface area contributed by atoms with Gasteiger partial charge in [-0.25, -0.2) is 8.42 Å². The zero-order valence-corrected chi connectivity index (χ0v) is 17.5. The van der Waals surface area contributed by atoms with Crippen molar-refractivity contribution in [2.75, 3.05) is 14.2 Å². The Balaban J connectivity index is 1.85. The third kappa shape index (κ3) is 4.04. The Morgan fingerprint density at radius 2 is 1.75 bits per heavy atom. The molecule has 148 valence electrons. The Morgan fingerprint density at radius 3 is 2.32 bits per heavy atom. The molecule has 0 bridgehead atoms. The molecule has 1 aromatic heterocycles. The fourth-order valence-corrected chi connectivity index (χ4v) is 4.55. The van der Waals surface area contributed by atoms with Crippen molar-refractivity contribution >= 4 is 21.6 Å². The summed E-state index contributed by atoms with van der Waals surface area (Å²) in [7, 11) is -0.731. The molecule has 9 heteroatoms. The molecule has 0 fully saturated rings. The molecular weight excluding hydrogens is 402 g/mol. The van der Waals surface area contributed by atoms with Crippen LogP contribution >= 0.6 is 11.6 Å². The molecule has 28 heavy (non-hydrogen) atoms. The number of hydrogen-bond donors (Lipinski definition) is 0. The molecule has 0 aliphatic heterocycles. The number of aromatic nitrogens is 2. The van der Waals surface area contributed by atoms with E-state index in [0.717, 1.165) is 5.56 Å². The van der Waals surface area contributed by atoms with Gasteiger partial charge in [0.15, 0.2) is 0 Å². The zero-order valence-electron chi connectivity index (χ0n) is 15.9. The lowest BCUT2D eigenvalue weighted by molar-refractivity contribution is 0.336. The summed E-state index contributed by atoms with van der Waals surface area (Å²) in [5, 5.41) is 4.52. The summed E-state index contributed by atoms with van der Waals surface area (Å²) in [6, 6.07) is 10.4. The molecule has 0 saturated heterocycles. The van der Waals surface area contributed by atoms with Gasteiger partial charge in [0.25, 0.3) is 0 Å². The second-order valence-electron chi connectivity index (χ2n) is 6.37. The predicted octanol–water partition coefficient (Wildman–Crippen LogP) is 3.84. The van der Waals surface area contributed by atoms with Gasteiger partial charge in [0, 0.05) is 17.6 Å². The third-order valence-electron chi connectivity index (χ3n) is 4.27. The van der Waals surface area contributed by atoms with Gasteiger partial charge in [-0.15, -0.1) is 0 Å². The molecule has 0 radical (unpaired) electrons. The molecule has 0 saturated carbocycles. The zero-order chi connectivity index (χ0) is 20.5. The summed E-state index contributed by atoms with van der Waals surface area (Å²) in [6.07, 6.45) is 0. The number of methoxy groups -OCH3 is 1. The Bertz CT molecular complexity index is 1070. The average molecular weight is 422 g/mol. The Hall–Kier alpha value is -2.42. The first-order valence-corrected chi connectivity index (χ1v) is 10.2. The minimum absolute atomic E-state index is 0.0478. The summed E-state index contributed by atoms with van der Waals surface area (Å²) in [4.78, 5) is 4.53. The highest BCUT2D eigenvalue weighted by Gasteiger charge is 2.27. The first-order chi connectivity index (χ1) is 13.2. The number of hydrogen-bond acceptors (Lipinski definition) is 6. The summed E-state index contributed by atoms with van der Waals surface area (Å²) >= 11 is 5.88. The van der Waals surface area contributed by atoms with E-state index >= 15 is 0 Å². The standard InChI is InChI=1S/C19H20ClN3O4S/c1-12-9-16(26-4)10-13(2)18(12)28(24,25)23(3)11-17-21-19(22-27-17)14-5-7-15(20)8-6-14/h5-10H,11H2,1-4H3. The van der Waals surface area contributed by atoms with Gasteiger partial charge in [0.2, 0.25) is 21.7 Å². The number of nitrogens with zero attached hydrogens (tertiary/aromatic N) is 3. The maximum atomic E-state index is 13.1. The second kappa shape index (κ2) is 7.90. The number of rotatable bonds is 6. The topological polar surface area (TPSA) is 85.5 Å². The number of aryl methyl sites for hydroxylation is 2. The van der Waals surface area contributed by atoms with Crippen molar-refractivity contribution in [2.45, 2.75) is 25.3 Å². The lowest BCUT2D eigenvalue weighted by atomic mass is 10.1. The highest BCUT2D eigenvalue weighted by atomic mass is 35.5. The predicted molar refractivity (Wildman–Crippen MR) is 106 cm³/mol. The molecule has 0 spiro atoms. The van der Waals surface area contributed by atoms with E-state index in [-0.39, 0.29) is 17.3 Å². The smallest absolute Gasteiger partial charge is 0.243 e. The number of sulfonamides is 1. The molecule has 7 nitrogen and oxygen atoms in total. The first-order valence-electron chi connectivity index (χ1n) is 8.42. The molecule has 2 aromatic carbocycles. The highest BCUT2D eigenvalue weighted by Crippen LogP contribution is 2.28. The van der Waals surface area contributed by atoms with Gasteiger partial charge in [0.1, 0.15) is 5.75 Å². The van der Waals surface area contributed by atoms with E-state index in [2.05, 4.69) is 10.1 Å². The van der Waals surface area contributed by atoms with Crippen LogP contribution in [0.5, 0.6) is 5.75 Å². The lowest BCUT2D eigenvalue weighted by Gasteiger charge is -2.19. The molecule has 0 aliphatic carbocycles. The van der Waals surface area contributed by atoms with Crippen molar-refractivity contribution < 1.29 is 17.7 Å². The quantitative estimate of drug-likeness (QED) is 0.601. The van der Waals surface area contributed by atoms with E-state index in [0.29, 0.717) is 27.7 Å². The van der Waals surface area contributed by atoms with E-state index in [9.17, 15) is 8.42 Å². The van der Waals surface area contributed by atoms with Gasteiger partial charge in [-0.1, -0.05) is 16.8 Å². The highest BCUT2D eigenvalue weighted by molar-refractivity contribution is 7.89. The van der Waals surface area contributed by atoms with Crippen molar-refractivity contribution in [2.24, 2.45) is 0 Å². The fraction of sp³-hybridized carbons (Fsp3) is 0.263. The van der Waals surface area contributed by atoms with Crippen LogP contribution in [0.4, 0.5) is 0 Å². The van der Waals surface area contributed by atoms with E-state index < -0.39 is 10.0 Å². The largest absolute Gasteiger partial charge is 0.497 e. The fourth-order valence-electron chi connectivity index (χ4n) is 2.90. The van der Waals surface area contributed by atoms with Crippen molar-refractivity contribution in [1.29, 1.82) is 0 Å². The van der Waals surface area contributed by atoms with Crippen molar-refractivity contribution in [3.05, 3.63) is 58.4 Å². The van der Waals surface area contributed by atoms with Crippen molar-refractivity contribution in [1.82, 2.24) is 14.4 Å². The van der Waals surface area contributed by atoms with Crippen LogP contribution in [0.1, 0.15) is 17.0 Å². The summed E-state index contributed by atoms with van der Waals surface area (Å²) in [5.74, 6) is 1.18. The van der Waals surface area contributed by atoms with Gasteiger partial charge in [-0.05, 0) is 61.4 Å². The molecule has 3 rings (SSSR count). The maximum absolute atomic E-state index is 13.1. The van der Waals surface area contributed by atoms with Crippen LogP contribution in [-0.2, 0) is 16.6 Å². The van der Waals surface area contributed by atoms with Gasteiger partial charge in [-0.2, -0.15) is 9.29 Å². The maximum Gasteiger partial charge on any atom is 0.243 e. The Kier molecular flexibility index (Phi) is 5.74. The minimum Gasteiger partial charge on any atom is -0.497 e. The van der Waals surface area contributed by atoms with E-state index in [4.69, 9.17) is 20.9 Å². The number of halogens is 1. The van der Waals surface area contributed by atoms with Crippen molar-refractivity contribution in [3.8, 4) is 17.1 Å². The van der Waals surface area contributed by atoms with Gasteiger partial charge in [-0.3, -0.25) is 0 Å².